The Kier molecular flexibility index (Phi) is 2.61. The van der Waals surface area contributed by atoms with Crippen LogP contribution in [0, 0.1) is 0 Å². The minimum absolute atomic E-state index is 0.694. The zero-order valence-electron chi connectivity index (χ0n) is 6.45. The molecule has 0 aliphatic rings. The van der Waals surface area contributed by atoms with Gasteiger partial charge in [-0.05, 0) is 24.3 Å². The van der Waals surface area contributed by atoms with E-state index in [1.165, 1.54) is 0 Å². The van der Waals surface area contributed by atoms with Crippen LogP contribution in [-0.4, -0.2) is 6.16 Å². The number of nitrogen functional groups attached to an aromatic ring is 1. The third kappa shape index (κ3) is 2.02. The predicted octanol–water partition coefficient (Wildman–Crippen LogP) is 1.74. The first-order chi connectivity index (χ1) is 5.24. The largest absolute Gasteiger partial charge is 0.399 e. The molecule has 0 aliphatic heterocycles. The normalized spacial score (nSPS) is 11.2. The Hall–Kier alpha value is -0.880. The fraction of sp³-hybridized carbons (Fsp3) is 0.250. The summed E-state index contributed by atoms with van der Waals surface area (Å²) in [5.74, 6) is 0. The van der Waals surface area contributed by atoms with Gasteiger partial charge in [0.15, 0.2) is 0 Å². The highest BCUT2D eigenvalue weighted by Crippen LogP contribution is 2.18. The zero-order valence-corrected chi connectivity index (χ0v) is 7.34. The van der Waals surface area contributed by atoms with Crippen LogP contribution in [0.25, 0.3) is 0 Å². The molecule has 0 fully saturated rings. The Morgan fingerprint density at radius 3 is 2.36 bits per heavy atom. The molecule has 1 rings (SSSR count). The first-order valence-electron chi connectivity index (χ1n) is 3.54. The second-order valence-corrected chi connectivity index (χ2v) is 4.19. The fourth-order valence-electron chi connectivity index (χ4n) is 0.823. The van der Waals surface area contributed by atoms with E-state index in [1.54, 1.807) is 12.1 Å². The van der Waals surface area contributed by atoms with E-state index in [4.69, 9.17) is 5.73 Å². The van der Waals surface area contributed by atoms with Crippen LogP contribution in [0.1, 0.15) is 6.92 Å². The Balaban J connectivity index is 2.90. The van der Waals surface area contributed by atoms with Crippen molar-refractivity contribution in [2.24, 2.45) is 0 Å². The summed E-state index contributed by atoms with van der Waals surface area (Å²) in [6.07, 6.45) is 0.694. The summed E-state index contributed by atoms with van der Waals surface area (Å²) >= 11 is 0. The van der Waals surface area contributed by atoms with Crippen molar-refractivity contribution in [3.8, 4) is 0 Å². The molecule has 1 aromatic rings. The highest BCUT2D eigenvalue weighted by molar-refractivity contribution is 7.53. The van der Waals surface area contributed by atoms with Crippen LogP contribution in [0.4, 0.5) is 5.69 Å². The molecule has 3 heteroatoms. The maximum atomic E-state index is 11.2. The Bertz CT molecular complexity index is 255. The van der Waals surface area contributed by atoms with Crippen LogP contribution < -0.4 is 11.0 Å². The molecule has 0 heterocycles. The van der Waals surface area contributed by atoms with E-state index in [1.807, 2.05) is 19.1 Å². The lowest BCUT2D eigenvalue weighted by Crippen LogP contribution is -1.97. The third-order valence-electron chi connectivity index (χ3n) is 1.47. The van der Waals surface area contributed by atoms with Crippen molar-refractivity contribution < 1.29 is 4.57 Å². The summed E-state index contributed by atoms with van der Waals surface area (Å²) in [7, 11) is -1.19. The summed E-state index contributed by atoms with van der Waals surface area (Å²) in [5, 5.41) is 0.886. The number of benzene rings is 1. The van der Waals surface area contributed by atoms with Crippen LogP contribution >= 0.6 is 7.80 Å². The second kappa shape index (κ2) is 3.49. The van der Waals surface area contributed by atoms with Crippen molar-refractivity contribution in [1.82, 2.24) is 0 Å². The average molecular weight is 168 g/mol. The van der Waals surface area contributed by atoms with E-state index in [-0.39, 0.29) is 0 Å². The molecular weight excluding hydrogens is 157 g/mol. The van der Waals surface area contributed by atoms with Gasteiger partial charge in [0.05, 0.1) is 0 Å². The summed E-state index contributed by atoms with van der Waals surface area (Å²) in [6.45, 7) is 1.91. The lowest BCUT2D eigenvalue weighted by molar-refractivity contribution is 0.594. The van der Waals surface area contributed by atoms with E-state index in [0.29, 0.717) is 11.8 Å². The van der Waals surface area contributed by atoms with Crippen molar-refractivity contribution in [3.05, 3.63) is 24.3 Å². The smallest absolute Gasteiger partial charge is 0.104 e. The maximum Gasteiger partial charge on any atom is 0.104 e. The van der Waals surface area contributed by atoms with Crippen LogP contribution in [-0.2, 0) is 4.57 Å². The van der Waals surface area contributed by atoms with Crippen LogP contribution in [0.15, 0.2) is 24.3 Å². The zero-order chi connectivity index (χ0) is 8.27. The van der Waals surface area contributed by atoms with E-state index < -0.39 is 7.80 Å². The number of nitrogens with two attached hydrogens (primary N) is 1. The molecule has 11 heavy (non-hydrogen) atoms. The van der Waals surface area contributed by atoms with Gasteiger partial charge in [-0.2, -0.15) is 0 Å². The van der Waals surface area contributed by atoms with E-state index in [0.717, 1.165) is 5.30 Å². The van der Waals surface area contributed by atoms with E-state index in [2.05, 4.69) is 0 Å². The van der Waals surface area contributed by atoms with Gasteiger partial charge in [0.25, 0.3) is 0 Å². The van der Waals surface area contributed by atoms with E-state index >= 15 is 0 Å². The van der Waals surface area contributed by atoms with Gasteiger partial charge in [0.1, 0.15) is 7.80 Å². The molecule has 1 radical (unpaired) electrons. The Labute approximate surface area is 67.2 Å². The van der Waals surface area contributed by atoms with Gasteiger partial charge in [-0.25, -0.2) is 0 Å². The molecule has 1 aromatic carbocycles. The molecule has 0 spiro atoms. The van der Waals surface area contributed by atoms with Crippen molar-refractivity contribution >= 4 is 18.8 Å². The van der Waals surface area contributed by atoms with Crippen molar-refractivity contribution in [3.63, 3.8) is 0 Å². The molecule has 0 saturated carbocycles. The first-order valence-corrected chi connectivity index (χ1v) is 4.98. The minimum atomic E-state index is -1.19. The molecule has 1 unspecified atom stereocenters. The second-order valence-electron chi connectivity index (χ2n) is 2.29. The average Bonchev–Trinajstić information content (AvgIpc) is 2.05. The third-order valence-corrected chi connectivity index (χ3v) is 2.92. The molecule has 2 nitrogen and oxygen atoms in total. The minimum Gasteiger partial charge on any atom is -0.399 e. The standard InChI is InChI=1S/C8H11NOP/c1-2-11(10)8-5-3-7(9)4-6-8/h3-6H,2,9H2,1H3. The van der Waals surface area contributed by atoms with Gasteiger partial charge < -0.3 is 5.73 Å². The number of hydrogen-bond acceptors (Lipinski definition) is 2. The number of anilines is 1. The van der Waals surface area contributed by atoms with Crippen LogP contribution in [0.3, 0.4) is 0 Å². The van der Waals surface area contributed by atoms with E-state index in [9.17, 15) is 4.57 Å². The van der Waals surface area contributed by atoms with Crippen molar-refractivity contribution in [1.29, 1.82) is 0 Å². The van der Waals surface area contributed by atoms with Gasteiger partial charge >= 0.3 is 0 Å². The molecule has 0 saturated heterocycles. The SMILES string of the molecule is CC[P](=O)c1ccc(N)cc1. The Morgan fingerprint density at radius 2 is 1.91 bits per heavy atom. The molecule has 0 aromatic heterocycles. The van der Waals surface area contributed by atoms with Crippen molar-refractivity contribution in [2.75, 3.05) is 11.9 Å². The quantitative estimate of drug-likeness (QED) is 0.540. The van der Waals surface area contributed by atoms with Crippen molar-refractivity contribution in [2.45, 2.75) is 6.92 Å². The molecule has 2 N–H and O–H groups in total. The highest BCUT2D eigenvalue weighted by Gasteiger charge is 1.99. The Morgan fingerprint density at radius 1 is 1.36 bits per heavy atom. The monoisotopic (exact) mass is 168 g/mol. The maximum absolute atomic E-state index is 11.2. The van der Waals surface area contributed by atoms with Gasteiger partial charge in [0.2, 0.25) is 0 Å². The lowest BCUT2D eigenvalue weighted by Gasteiger charge is -1.97. The summed E-state index contributed by atoms with van der Waals surface area (Å²) in [6, 6.07) is 7.19. The van der Waals surface area contributed by atoms with Gasteiger partial charge in [-0.1, -0.05) is 6.92 Å². The van der Waals surface area contributed by atoms with Gasteiger partial charge in [-0.3, -0.25) is 4.57 Å². The molecule has 1 atom stereocenters. The fourth-order valence-corrected chi connectivity index (χ4v) is 1.67. The first kappa shape index (κ1) is 8.22. The molecule has 0 aliphatic carbocycles. The topological polar surface area (TPSA) is 43.1 Å². The molecule has 0 bridgehead atoms. The summed E-state index contributed by atoms with van der Waals surface area (Å²) < 4.78 is 11.2. The molecular formula is C8H11NOP. The van der Waals surface area contributed by atoms with Gasteiger partial charge in [0, 0.05) is 17.2 Å². The summed E-state index contributed by atoms with van der Waals surface area (Å²) in [5.41, 5.74) is 6.19. The molecule has 0 amide bonds. The van der Waals surface area contributed by atoms with Crippen LogP contribution in [0.2, 0.25) is 0 Å². The highest BCUT2D eigenvalue weighted by atomic mass is 31.1. The summed E-state index contributed by atoms with van der Waals surface area (Å²) in [4.78, 5) is 0. The number of rotatable bonds is 2. The molecule has 59 valence electrons. The number of hydrogen-bond donors (Lipinski definition) is 1. The lowest BCUT2D eigenvalue weighted by atomic mass is 10.3. The van der Waals surface area contributed by atoms with Crippen LogP contribution in [0.5, 0.6) is 0 Å². The predicted molar refractivity (Wildman–Crippen MR) is 48.6 cm³/mol. The van der Waals surface area contributed by atoms with Gasteiger partial charge in [-0.15, -0.1) is 0 Å².